The van der Waals surface area contributed by atoms with Crippen LogP contribution in [0.1, 0.15) is 25.7 Å². The summed E-state index contributed by atoms with van der Waals surface area (Å²) in [5.74, 6) is -2.34. The van der Waals surface area contributed by atoms with E-state index >= 15 is 0 Å². The van der Waals surface area contributed by atoms with E-state index in [1.54, 1.807) is 18.2 Å². The number of nitrogens with one attached hydrogen (secondary N) is 2. The Morgan fingerprint density at radius 3 is 2.61 bits per heavy atom. The fourth-order valence-electron chi connectivity index (χ4n) is 5.24. The standard InChI is InChI=1S/C26H24ClF4N5O4.ClH/c1-39-19-12-18-15(22(34-13-33-18)35-17-4-2-3-16(27)21(17)28)11-20(19)40-14-5-7-25(8-6-14)23(37)32-9-10-36(25)24(38)26(29,30)31;/h2-4,11-14H,5-10H2,1H3,(H,32,37)(H,33,34,35);1H. The maximum absolute atomic E-state index is 14.5. The summed E-state index contributed by atoms with van der Waals surface area (Å²) in [6.07, 6.45) is -3.87. The molecule has 2 aliphatic rings. The highest BCUT2D eigenvalue weighted by molar-refractivity contribution is 6.31. The molecule has 1 aromatic heterocycles. The van der Waals surface area contributed by atoms with Gasteiger partial charge in [-0.2, -0.15) is 13.2 Å². The fourth-order valence-corrected chi connectivity index (χ4v) is 5.41. The van der Waals surface area contributed by atoms with Gasteiger partial charge in [0, 0.05) is 24.5 Å². The van der Waals surface area contributed by atoms with Gasteiger partial charge in [-0.15, -0.1) is 12.4 Å². The van der Waals surface area contributed by atoms with E-state index in [1.807, 2.05) is 0 Å². The molecular weight excluding hydrogens is 593 g/mol. The average molecular weight is 618 g/mol. The van der Waals surface area contributed by atoms with Crippen LogP contribution in [-0.2, 0) is 9.59 Å². The molecule has 1 spiro atoms. The van der Waals surface area contributed by atoms with Crippen LogP contribution < -0.4 is 20.1 Å². The molecule has 3 aromatic rings. The molecule has 0 bridgehead atoms. The van der Waals surface area contributed by atoms with Gasteiger partial charge in [-0.25, -0.2) is 14.4 Å². The highest BCUT2D eigenvalue weighted by Crippen LogP contribution is 2.41. The number of carbonyl (C=O) groups is 2. The first-order valence-electron chi connectivity index (χ1n) is 12.4. The van der Waals surface area contributed by atoms with Gasteiger partial charge in [0.2, 0.25) is 5.91 Å². The molecule has 2 N–H and O–H groups in total. The molecule has 1 aliphatic heterocycles. The van der Waals surface area contributed by atoms with Gasteiger partial charge in [-0.3, -0.25) is 9.59 Å². The first kappa shape index (κ1) is 30.4. The molecule has 1 aliphatic carbocycles. The maximum Gasteiger partial charge on any atom is 0.471 e. The van der Waals surface area contributed by atoms with Crippen LogP contribution in [-0.4, -0.2) is 64.7 Å². The summed E-state index contributed by atoms with van der Waals surface area (Å²) in [5.41, 5.74) is -1.01. The number of halogens is 6. The van der Waals surface area contributed by atoms with Crippen molar-refractivity contribution in [3.05, 3.63) is 47.5 Å². The second-order valence-corrected chi connectivity index (χ2v) is 9.94. The molecule has 0 atom stereocenters. The molecule has 0 unspecified atom stereocenters. The molecule has 2 amide bonds. The van der Waals surface area contributed by atoms with Crippen molar-refractivity contribution in [2.45, 2.75) is 43.5 Å². The quantitative estimate of drug-likeness (QED) is 0.380. The number of hydrogen-bond donors (Lipinski definition) is 2. The molecule has 1 saturated carbocycles. The SMILES string of the molecule is COc1cc2ncnc(Nc3cccc(Cl)c3F)c2cc1OC1CCC2(CC1)C(=O)NCCN2C(=O)C(F)(F)F.Cl. The zero-order valence-corrected chi connectivity index (χ0v) is 23.1. The Labute approximate surface area is 243 Å². The minimum atomic E-state index is -5.09. The van der Waals surface area contributed by atoms with Crippen molar-refractivity contribution in [3.8, 4) is 11.5 Å². The van der Waals surface area contributed by atoms with Crippen molar-refractivity contribution in [1.29, 1.82) is 0 Å². The zero-order chi connectivity index (χ0) is 28.7. The van der Waals surface area contributed by atoms with E-state index in [2.05, 4.69) is 20.6 Å². The van der Waals surface area contributed by atoms with E-state index in [-0.39, 0.29) is 67.7 Å². The molecule has 220 valence electrons. The van der Waals surface area contributed by atoms with Crippen LogP contribution in [0.2, 0.25) is 5.02 Å². The molecule has 15 heteroatoms. The lowest BCUT2D eigenvalue weighted by atomic mass is 9.77. The summed E-state index contributed by atoms with van der Waals surface area (Å²) < 4.78 is 66.0. The monoisotopic (exact) mass is 617 g/mol. The Balaban J connectivity index is 0.00000387. The third kappa shape index (κ3) is 5.78. The number of ether oxygens (including phenoxy) is 2. The normalized spacial score (nSPS) is 20.8. The van der Waals surface area contributed by atoms with Gasteiger partial charge in [-0.1, -0.05) is 17.7 Å². The number of fused-ring (bicyclic) bond motifs is 1. The number of piperazine rings is 1. The van der Waals surface area contributed by atoms with Crippen LogP contribution in [0, 0.1) is 5.82 Å². The Morgan fingerprint density at radius 1 is 1.20 bits per heavy atom. The molecule has 0 radical (unpaired) electrons. The van der Waals surface area contributed by atoms with Crippen LogP contribution >= 0.6 is 24.0 Å². The zero-order valence-electron chi connectivity index (χ0n) is 21.6. The van der Waals surface area contributed by atoms with E-state index in [4.69, 9.17) is 21.1 Å². The molecule has 2 fully saturated rings. The Bertz CT molecular complexity index is 1470. The van der Waals surface area contributed by atoms with E-state index in [0.717, 1.165) is 0 Å². The molecule has 2 heterocycles. The van der Waals surface area contributed by atoms with Crippen molar-refractivity contribution in [1.82, 2.24) is 20.2 Å². The number of carbonyl (C=O) groups excluding carboxylic acids is 2. The highest BCUT2D eigenvalue weighted by Gasteiger charge is 2.56. The number of anilines is 2. The summed E-state index contributed by atoms with van der Waals surface area (Å²) in [6, 6.07) is 7.74. The number of nitrogens with zero attached hydrogens (tertiary/aromatic N) is 3. The Morgan fingerprint density at radius 2 is 1.93 bits per heavy atom. The first-order chi connectivity index (χ1) is 19.0. The number of alkyl halides is 3. The first-order valence-corrected chi connectivity index (χ1v) is 12.8. The van der Waals surface area contributed by atoms with Crippen LogP contribution in [0.5, 0.6) is 11.5 Å². The lowest BCUT2D eigenvalue weighted by molar-refractivity contribution is -0.196. The van der Waals surface area contributed by atoms with Crippen LogP contribution in [0.4, 0.5) is 29.1 Å². The van der Waals surface area contributed by atoms with Gasteiger partial charge in [-0.05, 0) is 43.9 Å². The smallest absolute Gasteiger partial charge is 0.471 e. The van der Waals surface area contributed by atoms with Crippen molar-refractivity contribution < 1.29 is 36.6 Å². The number of methoxy groups -OCH3 is 1. The molecule has 41 heavy (non-hydrogen) atoms. The second-order valence-electron chi connectivity index (χ2n) is 9.53. The lowest BCUT2D eigenvalue weighted by Crippen LogP contribution is -2.69. The van der Waals surface area contributed by atoms with E-state index in [0.29, 0.717) is 27.3 Å². The largest absolute Gasteiger partial charge is 0.493 e. The Hall–Kier alpha value is -3.58. The maximum atomic E-state index is 14.5. The topological polar surface area (TPSA) is 106 Å². The van der Waals surface area contributed by atoms with Crippen LogP contribution in [0.15, 0.2) is 36.7 Å². The summed E-state index contributed by atoms with van der Waals surface area (Å²) in [6.45, 7) is -0.273. The van der Waals surface area contributed by atoms with Crippen LogP contribution in [0.3, 0.4) is 0 Å². The third-order valence-electron chi connectivity index (χ3n) is 7.23. The van der Waals surface area contributed by atoms with Crippen molar-refractivity contribution in [2.24, 2.45) is 0 Å². The van der Waals surface area contributed by atoms with Crippen molar-refractivity contribution >= 4 is 58.2 Å². The summed E-state index contributed by atoms with van der Waals surface area (Å²) in [4.78, 5) is 34.0. The van der Waals surface area contributed by atoms with E-state index < -0.39 is 35.5 Å². The minimum absolute atomic E-state index is 0. The van der Waals surface area contributed by atoms with Gasteiger partial charge < -0.3 is 25.0 Å². The Kier molecular flexibility index (Phi) is 8.69. The second kappa shape index (κ2) is 11.7. The summed E-state index contributed by atoms with van der Waals surface area (Å²) >= 11 is 5.90. The van der Waals surface area contributed by atoms with E-state index in [9.17, 15) is 27.2 Å². The van der Waals surface area contributed by atoms with Crippen LogP contribution in [0.25, 0.3) is 10.9 Å². The van der Waals surface area contributed by atoms with Gasteiger partial charge in [0.25, 0.3) is 0 Å². The lowest BCUT2D eigenvalue weighted by Gasteiger charge is -2.49. The van der Waals surface area contributed by atoms with Gasteiger partial charge in [0.15, 0.2) is 17.3 Å². The number of hydrogen-bond acceptors (Lipinski definition) is 7. The molecular formula is C26H25Cl2F4N5O4. The number of benzene rings is 2. The van der Waals surface area contributed by atoms with E-state index in [1.165, 1.54) is 25.6 Å². The summed E-state index contributed by atoms with van der Waals surface area (Å²) in [5, 5.41) is 5.93. The predicted octanol–water partition coefficient (Wildman–Crippen LogP) is 5.18. The number of aromatic nitrogens is 2. The molecule has 1 saturated heterocycles. The number of rotatable bonds is 5. The number of amides is 2. The minimum Gasteiger partial charge on any atom is -0.493 e. The van der Waals surface area contributed by atoms with Gasteiger partial charge in [0.05, 0.1) is 29.4 Å². The fraction of sp³-hybridized carbons (Fsp3) is 0.385. The summed E-state index contributed by atoms with van der Waals surface area (Å²) in [7, 11) is 1.44. The van der Waals surface area contributed by atoms with Gasteiger partial charge >= 0.3 is 12.1 Å². The predicted molar refractivity (Wildman–Crippen MR) is 144 cm³/mol. The third-order valence-corrected chi connectivity index (χ3v) is 7.52. The molecule has 2 aromatic carbocycles. The van der Waals surface area contributed by atoms with Gasteiger partial charge in [0.1, 0.15) is 17.7 Å². The molecule has 5 rings (SSSR count). The molecule has 9 nitrogen and oxygen atoms in total. The van der Waals surface area contributed by atoms with Crippen molar-refractivity contribution in [3.63, 3.8) is 0 Å². The van der Waals surface area contributed by atoms with Crippen molar-refractivity contribution in [2.75, 3.05) is 25.5 Å². The highest BCUT2D eigenvalue weighted by atomic mass is 35.5. The average Bonchev–Trinajstić information content (AvgIpc) is 2.93.